The molecule has 9 nitrogen and oxygen atoms in total. The van der Waals surface area contributed by atoms with Gasteiger partial charge in [-0.05, 0) is 32.8 Å². The van der Waals surface area contributed by atoms with Crippen LogP contribution in [0.2, 0.25) is 0 Å². The third-order valence-corrected chi connectivity index (χ3v) is 7.09. The molecular formula is C21H27N3O6. The lowest BCUT2D eigenvalue weighted by atomic mass is 9.73. The highest BCUT2D eigenvalue weighted by Gasteiger charge is 2.63. The van der Waals surface area contributed by atoms with Crippen LogP contribution in [0.5, 0.6) is 0 Å². The molecule has 9 heteroatoms. The van der Waals surface area contributed by atoms with E-state index in [-0.39, 0.29) is 41.9 Å². The summed E-state index contributed by atoms with van der Waals surface area (Å²) in [6.07, 6.45) is 1.57. The second kappa shape index (κ2) is 7.01. The molecule has 1 aromatic rings. The molecule has 0 unspecified atom stereocenters. The Labute approximate surface area is 174 Å². The van der Waals surface area contributed by atoms with Gasteiger partial charge in [0.15, 0.2) is 0 Å². The number of carbonyl (C=O) groups excluding carboxylic acids is 3. The normalized spacial score (nSPS) is 31.9. The van der Waals surface area contributed by atoms with E-state index in [4.69, 9.17) is 13.9 Å². The molecule has 1 aromatic heterocycles. The first kappa shape index (κ1) is 19.4. The van der Waals surface area contributed by atoms with Crippen LogP contribution in [0.15, 0.2) is 10.5 Å². The molecule has 5 heterocycles. The zero-order valence-electron chi connectivity index (χ0n) is 17.3. The van der Waals surface area contributed by atoms with Gasteiger partial charge < -0.3 is 24.1 Å². The van der Waals surface area contributed by atoms with Crippen molar-refractivity contribution in [2.75, 3.05) is 39.3 Å². The first-order valence-corrected chi connectivity index (χ1v) is 10.6. The lowest BCUT2D eigenvalue weighted by molar-refractivity contribution is -0.132. The van der Waals surface area contributed by atoms with E-state index in [2.05, 4.69) is 5.32 Å². The highest BCUT2D eigenvalue weighted by atomic mass is 16.6. The molecule has 0 aromatic carbocycles. The van der Waals surface area contributed by atoms with E-state index in [9.17, 15) is 14.4 Å². The van der Waals surface area contributed by atoms with Crippen molar-refractivity contribution >= 4 is 17.9 Å². The molecule has 1 spiro atoms. The van der Waals surface area contributed by atoms with Crippen LogP contribution >= 0.6 is 0 Å². The number of furan rings is 1. The molecule has 4 aliphatic rings. The van der Waals surface area contributed by atoms with E-state index < -0.39 is 6.09 Å². The lowest BCUT2D eigenvalue weighted by Gasteiger charge is -2.29. The minimum absolute atomic E-state index is 0.0472. The van der Waals surface area contributed by atoms with Gasteiger partial charge in [0.25, 0.3) is 5.91 Å². The Morgan fingerprint density at radius 2 is 2.17 bits per heavy atom. The van der Waals surface area contributed by atoms with Crippen molar-refractivity contribution in [3.63, 3.8) is 0 Å². The lowest BCUT2D eigenvalue weighted by Crippen LogP contribution is -2.42. The van der Waals surface area contributed by atoms with Gasteiger partial charge in [0, 0.05) is 24.9 Å². The number of aryl methyl sites for hydroxylation is 2. The van der Waals surface area contributed by atoms with Crippen molar-refractivity contribution in [3.05, 3.63) is 23.2 Å². The maximum Gasteiger partial charge on any atom is 0.410 e. The van der Waals surface area contributed by atoms with Gasteiger partial charge in [0.05, 0.1) is 30.4 Å². The highest BCUT2D eigenvalue weighted by molar-refractivity contribution is 5.95. The zero-order chi connectivity index (χ0) is 21.0. The third-order valence-electron chi connectivity index (χ3n) is 7.09. The second-order valence-corrected chi connectivity index (χ2v) is 8.88. The topological polar surface area (TPSA) is 101 Å². The van der Waals surface area contributed by atoms with Crippen molar-refractivity contribution in [1.29, 1.82) is 0 Å². The Morgan fingerprint density at radius 1 is 1.33 bits per heavy atom. The summed E-state index contributed by atoms with van der Waals surface area (Å²) in [4.78, 5) is 40.3. The highest BCUT2D eigenvalue weighted by Crippen LogP contribution is 2.54. The fourth-order valence-corrected chi connectivity index (χ4v) is 5.65. The Hall–Kier alpha value is -2.55. The van der Waals surface area contributed by atoms with Gasteiger partial charge in [-0.2, -0.15) is 0 Å². The molecule has 4 fully saturated rings. The molecular weight excluding hydrogens is 390 g/mol. The maximum atomic E-state index is 12.8. The summed E-state index contributed by atoms with van der Waals surface area (Å²) in [7, 11) is 0. The van der Waals surface area contributed by atoms with Crippen LogP contribution in [0.3, 0.4) is 0 Å². The summed E-state index contributed by atoms with van der Waals surface area (Å²) < 4.78 is 16.7. The summed E-state index contributed by atoms with van der Waals surface area (Å²) in [6, 6.07) is 1.75. The van der Waals surface area contributed by atoms with Gasteiger partial charge in [0.1, 0.15) is 24.7 Å². The van der Waals surface area contributed by atoms with Crippen molar-refractivity contribution < 1.29 is 28.3 Å². The number of hydrogen-bond donors (Lipinski definition) is 1. The van der Waals surface area contributed by atoms with Crippen LogP contribution in [0.25, 0.3) is 0 Å². The third kappa shape index (κ3) is 3.07. The number of nitrogens with one attached hydrogen (secondary N) is 1. The SMILES string of the molecule is Cc1cc(C(=O)NC[C@H]2[C@H]3CN(C(=O)CN4CCOC4=O)C[C@]34CC[C@H]2O4)c(C)o1. The van der Waals surface area contributed by atoms with E-state index in [1.54, 1.807) is 13.0 Å². The van der Waals surface area contributed by atoms with Crippen molar-refractivity contribution in [3.8, 4) is 0 Å². The molecule has 1 N–H and O–H groups in total. The predicted molar refractivity (Wildman–Crippen MR) is 104 cm³/mol. The largest absolute Gasteiger partial charge is 0.466 e. The number of ether oxygens (including phenoxy) is 2. The van der Waals surface area contributed by atoms with E-state index in [1.807, 2.05) is 11.8 Å². The Morgan fingerprint density at radius 3 is 2.87 bits per heavy atom. The smallest absolute Gasteiger partial charge is 0.410 e. The molecule has 0 aliphatic carbocycles. The molecule has 4 aliphatic heterocycles. The van der Waals surface area contributed by atoms with Gasteiger partial charge >= 0.3 is 6.09 Å². The summed E-state index contributed by atoms with van der Waals surface area (Å²) in [6.45, 7) is 6.11. The first-order valence-electron chi connectivity index (χ1n) is 10.6. The molecule has 2 bridgehead atoms. The fourth-order valence-electron chi connectivity index (χ4n) is 5.65. The number of fused-ring (bicyclic) bond motifs is 1. The predicted octanol–water partition coefficient (Wildman–Crippen LogP) is 1.08. The van der Waals surface area contributed by atoms with Crippen molar-refractivity contribution in [1.82, 2.24) is 15.1 Å². The number of carbonyl (C=O) groups is 3. The van der Waals surface area contributed by atoms with Crippen LogP contribution in [0.4, 0.5) is 4.79 Å². The quantitative estimate of drug-likeness (QED) is 0.770. The minimum atomic E-state index is -0.427. The average Bonchev–Trinajstić information content (AvgIpc) is 3.48. The van der Waals surface area contributed by atoms with Crippen LogP contribution in [0.1, 0.15) is 34.7 Å². The van der Waals surface area contributed by atoms with E-state index in [0.29, 0.717) is 49.9 Å². The number of likely N-dealkylation sites (tertiary alicyclic amines) is 1. The van der Waals surface area contributed by atoms with Crippen LogP contribution in [-0.4, -0.2) is 78.7 Å². The Balaban J connectivity index is 1.23. The fraction of sp³-hybridized carbons (Fsp3) is 0.667. The van der Waals surface area contributed by atoms with Crippen LogP contribution in [-0.2, 0) is 14.3 Å². The summed E-state index contributed by atoms with van der Waals surface area (Å²) in [5.41, 5.74) is 0.246. The number of amides is 3. The van der Waals surface area contributed by atoms with Gasteiger partial charge in [-0.3, -0.25) is 14.5 Å². The first-order chi connectivity index (χ1) is 14.4. The maximum absolute atomic E-state index is 12.8. The summed E-state index contributed by atoms with van der Waals surface area (Å²) in [5, 5.41) is 3.05. The standard InChI is InChI=1S/C21H27N3O6/c1-12-7-14(13(2)29-12)19(26)22-8-15-16-9-24(11-21(16)4-3-17(15)30-21)18(25)10-23-5-6-28-20(23)27/h7,15-17H,3-6,8-11H2,1-2H3,(H,22,26)/t15-,16+,17+,21+/m0/s1. The van der Waals surface area contributed by atoms with Gasteiger partial charge in [-0.1, -0.05) is 0 Å². The summed E-state index contributed by atoms with van der Waals surface area (Å²) in [5.74, 6) is 1.48. The molecule has 0 radical (unpaired) electrons. The molecule has 30 heavy (non-hydrogen) atoms. The molecule has 5 rings (SSSR count). The van der Waals surface area contributed by atoms with E-state index in [0.717, 1.165) is 12.8 Å². The molecule has 4 saturated heterocycles. The van der Waals surface area contributed by atoms with Crippen molar-refractivity contribution in [2.24, 2.45) is 11.8 Å². The van der Waals surface area contributed by atoms with E-state index >= 15 is 0 Å². The second-order valence-electron chi connectivity index (χ2n) is 8.88. The molecule has 4 atom stereocenters. The number of rotatable bonds is 5. The van der Waals surface area contributed by atoms with Crippen molar-refractivity contribution in [2.45, 2.75) is 38.4 Å². The Kier molecular flexibility index (Phi) is 4.53. The molecule has 162 valence electrons. The van der Waals surface area contributed by atoms with Crippen LogP contribution < -0.4 is 5.32 Å². The van der Waals surface area contributed by atoms with Crippen LogP contribution in [0, 0.1) is 25.7 Å². The zero-order valence-corrected chi connectivity index (χ0v) is 17.3. The summed E-state index contributed by atoms with van der Waals surface area (Å²) >= 11 is 0. The van der Waals surface area contributed by atoms with Gasteiger partial charge in [0.2, 0.25) is 5.91 Å². The average molecular weight is 417 g/mol. The number of nitrogens with zero attached hydrogens (tertiary/aromatic N) is 2. The number of cyclic esters (lactones) is 1. The monoisotopic (exact) mass is 417 g/mol. The molecule has 3 amide bonds. The molecule has 0 saturated carbocycles. The van der Waals surface area contributed by atoms with Gasteiger partial charge in [-0.25, -0.2) is 4.79 Å². The van der Waals surface area contributed by atoms with E-state index in [1.165, 1.54) is 4.90 Å². The minimum Gasteiger partial charge on any atom is -0.466 e. The number of hydrogen-bond acceptors (Lipinski definition) is 6. The van der Waals surface area contributed by atoms with Gasteiger partial charge in [-0.15, -0.1) is 0 Å². The Bertz CT molecular complexity index is 897.